The molecule has 1 aromatic heterocycles. The number of aromatic nitrogens is 2. The molecule has 3 aromatic carbocycles. The second kappa shape index (κ2) is 14.8. The van der Waals surface area contributed by atoms with E-state index in [0.29, 0.717) is 13.0 Å². The number of amides is 3. The quantitative estimate of drug-likeness (QED) is 0.191. The van der Waals surface area contributed by atoms with Crippen LogP contribution in [-0.2, 0) is 27.3 Å². The Kier molecular flexibility index (Phi) is 10.0. The Balaban J connectivity index is 1.02. The molecule has 0 radical (unpaired) electrons. The Morgan fingerprint density at radius 2 is 1.74 bits per heavy atom. The molecule has 8 rings (SSSR count). The summed E-state index contributed by atoms with van der Waals surface area (Å²) in [6.07, 6.45) is 5.76. The van der Waals surface area contributed by atoms with Gasteiger partial charge in [0.05, 0.1) is 36.8 Å². The lowest BCUT2D eigenvalue weighted by molar-refractivity contribution is -0.137. The van der Waals surface area contributed by atoms with Gasteiger partial charge in [0.15, 0.2) is 0 Å². The summed E-state index contributed by atoms with van der Waals surface area (Å²) < 4.78 is 17.1. The normalized spacial score (nSPS) is 22.3. The van der Waals surface area contributed by atoms with Crippen molar-refractivity contribution >= 4 is 40.3 Å². The van der Waals surface area contributed by atoms with Crippen molar-refractivity contribution in [2.45, 2.75) is 129 Å². The van der Waals surface area contributed by atoms with Crippen molar-refractivity contribution in [3.05, 3.63) is 65.6 Å². The molecule has 0 saturated carbocycles. The minimum atomic E-state index is -0.690. The van der Waals surface area contributed by atoms with E-state index in [0.717, 1.165) is 93.8 Å². The molecule has 2 N–H and O–H groups in total. The number of rotatable bonds is 7. The highest BCUT2D eigenvalue weighted by molar-refractivity contribution is 6.06. The summed E-state index contributed by atoms with van der Waals surface area (Å²) in [7, 11) is 1.31. The van der Waals surface area contributed by atoms with Gasteiger partial charge in [-0.15, -0.1) is 0 Å². The Morgan fingerprint density at radius 1 is 0.982 bits per heavy atom. The molecule has 12 nitrogen and oxygen atoms in total. The van der Waals surface area contributed by atoms with E-state index in [1.165, 1.54) is 12.7 Å². The first-order valence-corrected chi connectivity index (χ1v) is 20.4. The van der Waals surface area contributed by atoms with Gasteiger partial charge in [0, 0.05) is 29.8 Å². The minimum Gasteiger partial charge on any atom is -0.488 e. The molecule has 6 atom stereocenters. The first kappa shape index (κ1) is 38.5. The molecule has 2 saturated heterocycles. The monoisotopic (exact) mass is 774 g/mol. The predicted molar refractivity (Wildman–Crippen MR) is 220 cm³/mol. The summed E-state index contributed by atoms with van der Waals surface area (Å²) >= 11 is 0. The molecule has 5 heterocycles. The van der Waals surface area contributed by atoms with Gasteiger partial charge in [-0.25, -0.2) is 14.6 Å². The lowest BCUT2D eigenvalue weighted by Gasteiger charge is -2.33. The second-order valence-corrected chi connectivity index (χ2v) is 17.3. The number of carbonyl (C=O) groups excluding carboxylic acids is 3. The van der Waals surface area contributed by atoms with Crippen LogP contribution in [0.15, 0.2) is 53.7 Å². The number of ether oxygens (including phenoxy) is 3. The topological polar surface area (TPSA) is 138 Å². The number of alkyl carbamates (subject to hydrolysis) is 1. The maximum Gasteiger partial charge on any atom is 0.411 e. The van der Waals surface area contributed by atoms with E-state index in [4.69, 9.17) is 24.2 Å². The van der Waals surface area contributed by atoms with Crippen LogP contribution >= 0.6 is 0 Å². The number of H-pyrrole nitrogens is 1. The fourth-order valence-electron chi connectivity index (χ4n) is 9.13. The van der Waals surface area contributed by atoms with Crippen molar-refractivity contribution in [2.24, 2.45) is 10.9 Å². The highest BCUT2D eigenvalue weighted by Gasteiger charge is 2.43. The van der Waals surface area contributed by atoms with Crippen molar-refractivity contribution in [3.63, 3.8) is 0 Å². The van der Waals surface area contributed by atoms with E-state index in [2.05, 4.69) is 66.6 Å². The van der Waals surface area contributed by atoms with Crippen molar-refractivity contribution in [1.82, 2.24) is 25.1 Å². The zero-order valence-electron chi connectivity index (χ0n) is 34.3. The van der Waals surface area contributed by atoms with Crippen LogP contribution < -0.4 is 10.1 Å². The number of imidazole rings is 1. The molecule has 4 aliphatic rings. The number of nitrogens with one attached hydrogen (secondary N) is 2. The smallest absolute Gasteiger partial charge is 0.411 e. The predicted octanol–water partition coefficient (Wildman–Crippen LogP) is 9.03. The van der Waals surface area contributed by atoms with Crippen molar-refractivity contribution in [2.75, 3.05) is 7.11 Å². The zero-order valence-corrected chi connectivity index (χ0v) is 34.3. The highest BCUT2D eigenvalue weighted by atomic mass is 16.6. The lowest BCUT2D eigenvalue weighted by atomic mass is 9.91. The van der Waals surface area contributed by atoms with Crippen LogP contribution in [0.3, 0.4) is 0 Å². The number of nitrogens with zero attached hydrogens (tertiary/aromatic N) is 4. The summed E-state index contributed by atoms with van der Waals surface area (Å²) in [6.45, 7) is 14.3. The van der Waals surface area contributed by atoms with E-state index in [1.807, 2.05) is 50.6 Å². The number of methoxy groups -OCH3 is 1. The fourth-order valence-corrected chi connectivity index (χ4v) is 9.13. The maximum absolute atomic E-state index is 14.0. The van der Waals surface area contributed by atoms with E-state index < -0.39 is 17.7 Å². The molecule has 0 spiro atoms. The van der Waals surface area contributed by atoms with Gasteiger partial charge in [0.2, 0.25) is 5.91 Å². The van der Waals surface area contributed by atoms with Crippen LogP contribution in [0, 0.1) is 5.92 Å². The average molecular weight is 775 g/mol. The van der Waals surface area contributed by atoms with Crippen molar-refractivity contribution < 1.29 is 28.6 Å². The van der Waals surface area contributed by atoms with Crippen LogP contribution in [-0.4, -0.2) is 80.5 Å². The fraction of sp³-hybridized carbons (Fsp3) is 0.489. The lowest BCUT2D eigenvalue weighted by Crippen LogP contribution is -2.53. The van der Waals surface area contributed by atoms with E-state index >= 15 is 0 Å². The molecule has 0 unspecified atom stereocenters. The summed E-state index contributed by atoms with van der Waals surface area (Å²) in [6, 6.07) is 14.1. The van der Waals surface area contributed by atoms with E-state index in [1.54, 1.807) is 0 Å². The first-order chi connectivity index (χ1) is 27.2. The Labute approximate surface area is 334 Å². The second-order valence-electron chi connectivity index (χ2n) is 17.3. The van der Waals surface area contributed by atoms with Crippen LogP contribution in [0.4, 0.5) is 15.3 Å². The van der Waals surface area contributed by atoms with Gasteiger partial charge >= 0.3 is 12.2 Å². The maximum atomic E-state index is 14.0. The molecule has 0 bridgehead atoms. The molecular formula is C45H54N6O6. The summed E-state index contributed by atoms with van der Waals surface area (Å²) in [5.74, 6) is 1.39. The molecule has 3 amide bonds. The van der Waals surface area contributed by atoms with Crippen LogP contribution in [0.5, 0.6) is 5.75 Å². The van der Waals surface area contributed by atoms with Gasteiger partial charge in [-0.05, 0) is 124 Å². The Hall–Kier alpha value is -5.39. The Morgan fingerprint density at radius 3 is 2.47 bits per heavy atom. The summed E-state index contributed by atoms with van der Waals surface area (Å²) in [4.78, 5) is 56.6. The molecule has 12 heteroatoms. The largest absolute Gasteiger partial charge is 0.488 e. The number of hydrogen-bond acceptors (Lipinski definition) is 8. The first-order valence-electron chi connectivity index (χ1n) is 20.4. The highest BCUT2D eigenvalue weighted by Crippen LogP contribution is 2.45. The van der Waals surface area contributed by atoms with Gasteiger partial charge in [0.25, 0.3) is 0 Å². The van der Waals surface area contributed by atoms with Gasteiger partial charge in [-0.3, -0.25) is 14.7 Å². The summed E-state index contributed by atoms with van der Waals surface area (Å²) in [5, 5.41) is 5.02. The van der Waals surface area contributed by atoms with Crippen LogP contribution in [0.25, 0.3) is 33.2 Å². The molecule has 57 heavy (non-hydrogen) atoms. The Bertz CT molecular complexity index is 2270. The molecule has 4 aliphatic heterocycles. The molecule has 300 valence electrons. The zero-order chi connectivity index (χ0) is 40.3. The van der Waals surface area contributed by atoms with Gasteiger partial charge in [-0.2, -0.15) is 0 Å². The van der Waals surface area contributed by atoms with E-state index in [9.17, 15) is 14.4 Å². The third-order valence-corrected chi connectivity index (χ3v) is 12.3. The number of likely N-dealkylation sites (tertiary alicyclic amines) is 2. The summed E-state index contributed by atoms with van der Waals surface area (Å²) in [5.41, 5.74) is 7.67. The molecular weight excluding hydrogens is 721 g/mol. The number of benzene rings is 3. The van der Waals surface area contributed by atoms with Crippen LogP contribution in [0.1, 0.15) is 104 Å². The number of fused-ring (bicyclic) bond motifs is 6. The van der Waals surface area contributed by atoms with Crippen LogP contribution in [0.2, 0.25) is 0 Å². The van der Waals surface area contributed by atoms with Crippen molar-refractivity contribution in [1.29, 1.82) is 0 Å². The number of hydrogen-bond donors (Lipinski definition) is 2. The standard InChI is InChI=1S/C45H54N6O6/c1-9-24(2)40(49-43(53)55-8)42(52)50-25(3)11-17-38(50)41-46-22-36(48-41)28-12-14-30-29(18-28)23-56-39-21-31-27(19-33(30)39)13-15-34-32(31)20-35(47-34)37-16-10-26(4)51(37)44(54)57-45(5,6)7/h12-15,18-19,21-22,24-26,37-38,40H,9-11,16-17,20,23H2,1-8H3,(H,46,48)(H,49,53)/t24-,25-,26-,37-,38-,40-/m0/s1. The average Bonchev–Trinajstić information content (AvgIpc) is 4.00. The van der Waals surface area contributed by atoms with Gasteiger partial charge in [0.1, 0.15) is 29.8 Å². The van der Waals surface area contributed by atoms with Crippen molar-refractivity contribution in [3.8, 4) is 28.1 Å². The number of aliphatic imine (C=N–C) groups is 1. The SMILES string of the molecule is CC[C@H](C)[C@H](NC(=O)OC)C(=O)N1[C@@H](C)CC[C@H]1c1ncc(-c2ccc3c(c2)COc2cc4c5c(ccc4cc2-3)N=C([C@@H]2CC[C@H](C)N2C(=O)OC(C)(C)C)C5)[nH]1. The number of aromatic amines is 1. The van der Waals surface area contributed by atoms with E-state index in [-0.39, 0.29) is 42.1 Å². The number of carbonyl (C=O) groups is 3. The third-order valence-electron chi connectivity index (χ3n) is 12.3. The third kappa shape index (κ3) is 7.12. The van der Waals surface area contributed by atoms with Gasteiger partial charge in [-0.1, -0.05) is 38.5 Å². The molecule has 2 fully saturated rings. The molecule has 4 aromatic rings. The molecule has 0 aliphatic carbocycles. The minimum absolute atomic E-state index is 0.000341. The van der Waals surface area contributed by atoms with Gasteiger partial charge < -0.3 is 29.4 Å².